The van der Waals surface area contributed by atoms with Gasteiger partial charge in [0.2, 0.25) is 0 Å². The molecule has 0 saturated heterocycles. The fraction of sp³-hybridized carbons (Fsp3) is 0.571. The molecular formula is C14H20FNO3. The van der Waals surface area contributed by atoms with E-state index in [2.05, 4.69) is 13.8 Å². The Bertz CT molecular complexity index is 423. The minimum atomic E-state index is -0.554. The van der Waals surface area contributed by atoms with E-state index in [1.54, 1.807) is 0 Å². The zero-order valence-electron chi connectivity index (χ0n) is 11.4. The van der Waals surface area contributed by atoms with Crippen LogP contribution in [-0.2, 0) is 0 Å². The topological polar surface area (TPSA) is 52.4 Å². The van der Waals surface area contributed by atoms with Crippen LogP contribution in [0.2, 0.25) is 0 Å². The van der Waals surface area contributed by atoms with E-state index in [0.29, 0.717) is 12.5 Å². The van der Waals surface area contributed by atoms with E-state index in [1.165, 1.54) is 0 Å². The Balaban J connectivity index is 2.70. The largest absolute Gasteiger partial charge is 0.486 e. The van der Waals surface area contributed by atoms with Crippen molar-refractivity contribution in [2.24, 2.45) is 5.92 Å². The van der Waals surface area contributed by atoms with Crippen molar-refractivity contribution in [2.75, 3.05) is 6.61 Å². The van der Waals surface area contributed by atoms with Crippen molar-refractivity contribution in [1.29, 1.82) is 0 Å². The van der Waals surface area contributed by atoms with Crippen LogP contribution in [0.1, 0.15) is 39.5 Å². The number of nitrogens with zero attached hydrogens (tertiary/aromatic N) is 1. The summed E-state index contributed by atoms with van der Waals surface area (Å²) < 4.78 is 18.6. The quantitative estimate of drug-likeness (QED) is 0.521. The van der Waals surface area contributed by atoms with Crippen molar-refractivity contribution < 1.29 is 14.1 Å². The van der Waals surface area contributed by atoms with Gasteiger partial charge in [0.05, 0.1) is 11.5 Å². The highest BCUT2D eigenvalue weighted by Gasteiger charge is 2.17. The molecule has 0 bridgehead atoms. The maximum atomic E-state index is 13.1. The van der Waals surface area contributed by atoms with E-state index in [0.717, 1.165) is 43.9 Å². The molecule has 5 heteroatoms. The standard InChI is InChI=1S/C14H20FNO3/c1-3-5-6-11(4-2)10-19-14-9-12(15)7-8-13(14)16(17)18/h7-9,11H,3-6,10H2,1-2H3. The summed E-state index contributed by atoms with van der Waals surface area (Å²) in [6.45, 7) is 4.56. The Kier molecular flexibility index (Phi) is 6.25. The van der Waals surface area contributed by atoms with Crippen LogP contribution in [0.5, 0.6) is 5.75 Å². The van der Waals surface area contributed by atoms with Crippen LogP contribution in [0.25, 0.3) is 0 Å². The smallest absolute Gasteiger partial charge is 0.311 e. The molecule has 1 rings (SSSR count). The minimum Gasteiger partial charge on any atom is -0.486 e. The zero-order valence-corrected chi connectivity index (χ0v) is 11.4. The molecule has 0 amide bonds. The van der Waals surface area contributed by atoms with Gasteiger partial charge in [-0.1, -0.05) is 33.1 Å². The Morgan fingerprint density at radius 1 is 1.42 bits per heavy atom. The fourth-order valence-electron chi connectivity index (χ4n) is 1.86. The maximum Gasteiger partial charge on any atom is 0.311 e. The van der Waals surface area contributed by atoms with Crippen LogP contribution in [-0.4, -0.2) is 11.5 Å². The van der Waals surface area contributed by atoms with Gasteiger partial charge in [-0.05, 0) is 18.4 Å². The normalized spacial score (nSPS) is 12.2. The third-order valence-electron chi connectivity index (χ3n) is 3.14. The average Bonchev–Trinajstić information content (AvgIpc) is 2.38. The predicted octanol–water partition coefficient (Wildman–Crippen LogP) is 4.33. The van der Waals surface area contributed by atoms with Crippen molar-refractivity contribution >= 4 is 5.69 Å². The summed E-state index contributed by atoms with van der Waals surface area (Å²) in [6, 6.07) is 3.28. The average molecular weight is 269 g/mol. The van der Waals surface area contributed by atoms with Gasteiger partial charge in [0, 0.05) is 12.1 Å². The number of nitro groups is 1. The Morgan fingerprint density at radius 2 is 2.16 bits per heavy atom. The predicted molar refractivity (Wildman–Crippen MR) is 71.9 cm³/mol. The lowest BCUT2D eigenvalue weighted by atomic mass is 10.0. The molecule has 4 nitrogen and oxygen atoms in total. The summed E-state index contributed by atoms with van der Waals surface area (Å²) in [5.74, 6) is -0.162. The Labute approximate surface area is 112 Å². The number of benzene rings is 1. The van der Waals surface area contributed by atoms with Gasteiger partial charge < -0.3 is 4.74 Å². The second-order valence-corrected chi connectivity index (χ2v) is 4.60. The molecule has 0 aromatic heterocycles. The van der Waals surface area contributed by atoms with Gasteiger partial charge in [-0.25, -0.2) is 4.39 Å². The molecule has 1 unspecified atom stereocenters. The van der Waals surface area contributed by atoms with Gasteiger partial charge in [-0.15, -0.1) is 0 Å². The number of rotatable bonds is 8. The first kappa shape index (κ1) is 15.4. The molecule has 0 aliphatic heterocycles. The highest BCUT2D eigenvalue weighted by atomic mass is 19.1. The fourth-order valence-corrected chi connectivity index (χ4v) is 1.86. The number of hydrogen-bond acceptors (Lipinski definition) is 3. The summed E-state index contributed by atoms with van der Waals surface area (Å²) in [6.07, 6.45) is 4.18. The first-order valence-corrected chi connectivity index (χ1v) is 6.65. The van der Waals surface area contributed by atoms with Gasteiger partial charge in [0.25, 0.3) is 0 Å². The van der Waals surface area contributed by atoms with Crippen molar-refractivity contribution in [3.63, 3.8) is 0 Å². The molecule has 0 aliphatic rings. The number of unbranched alkanes of at least 4 members (excludes halogenated alkanes) is 1. The molecule has 1 atom stereocenters. The molecule has 1 aromatic rings. The van der Waals surface area contributed by atoms with Crippen LogP contribution in [0, 0.1) is 21.8 Å². The highest BCUT2D eigenvalue weighted by Crippen LogP contribution is 2.28. The first-order valence-electron chi connectivity index (χ1n) is 6.65. The van der Waals surface area contributed by atoms with E-state index in [4.69, 9.17) is 4.74 Å². The van der Waals surface area contributed by atoms with Gasteiger partial charge in [-0.2, -0.15) is 0 Å². The number of ether oxygens (including phenoxy) is 1. The van der Waals surface area contributed by atoms with Gasteiger partial charge in [0.1, 0.15) is 5.82 Å². The van der Waals surface area contributed by atoms with Crippen molar-refractivity contribution in [3.05, 3.63) is 34.1 Å². The Hall–Kier alpha value is -1.65. The van der Waals surface area contributed by atoms with Crippen LogP contribution in [0.3, 0.4) is 0 Å². The molecule has 106 valence electrons. The first-order chi connectivity index (χ1) is 9.08. The van der Waals surface area contributed by atoms with E-state index < -0.39 is 10.7 Å². The van der Waals surface area contributed by atoms with Gasteiger partial charge in [-0.3, -0.25) is 10.1 Å². The van der Waals surface area contributed by atoms with E-state index >= 15 is 0 Å². The lowest BCUT2D eigenvalue weighted by Crippen LogP contribution is -2.12. The molecule has 0 N–H and O–H groups in total. The van der Waals surface area contributed by atoms with E-state index in [-0.39, 0.29) is 11.4 Å². The van der Waals surface area contributed by atoms with Crippen LogP contribution in [0.4, 0.5) is 10.1 Å². The SMILES string of the molecule is CCCCC(CC)COc1cc(F)ccc1[N+](=O)[O-]. The third-order valence-corrected chi connectivity index (χ3v) is 3.14. The van der Waals surface area contributed by atoms with Crippen molar-refractivity contribution in [3.8, 4) is 5.75 Å². The van der Waals surface area contributed by atoms with Gasteiger partial charge in [0.15, 0.2) is 5.75 Å². The molecule has 19 heavy (non-hydrogen) atoms. The van der Waals surface area contributed by atoms with Crippen molar-refractivity contribution in [1.82, 2.24) is 0 Å². The molecular weight excluding hydrogens is 249 g/mol. The maximum absolute atomic E-state index is 13.1. The molecule has 0 saturated carbocycles. The summed E-state index contributed by atoms with van der Waals surface area (Å²) in [7, 11) is 0. The monoisotopic (exact) mass is 269 g/mol. The van der Waals surface area contributed by atoms with Gasteiger partial charge >= 0.3 is 5.69 Å². The molecule has 0 heterocycles. The van der Waals surface area contributed by atoms with Crippen LogP contribution < -0.4 is 4.74 Å². The molecule has 1 aromatic carbocycles. The molecule has 0 fully saturated rings. The van der Waals surface area contributed by atoms with Crippen LogP contribution in [0.15, 0.2) is 18.2 Å². The number of hydrogen-bond donors (Lipinski definition) is 0. The second-order valence-electron chi connectivity index (χ2n) is 4.60. The lowest BCUT2D eigenvalue weighted by molar-refractivity contribution is -0.386. The summed E-state index contributed by atoms with van der Waals surface area (Å²) in [5, 5.41) is 10.8. The van der Waals surface area contributed by atoms with Crippen LogP contribution >= 0.6 is 0 Å². The molecule has 0 radical (unpaired) electrons. The summed E-state index contributed by atoms with van der Waals surface area (Å²) in [4.78, 5) is 10.3. The highest BCUT2D eigenvalue weighted by molar-refractivity contribution is 5.46. The summed E-state index contributed by atoms with van der Waals surface area (Å²) >= 11 is 0. The van der Waals surface area contributed by atoms with E-state index in [1.807, 2.05) is 0 Å². The second kappa shape index (κ2) is 7.71. The lowest BCUT2D eigenvalue weighted by Gasteiger charge is -2.15. The van der Waals surface area contributed by atoms with E-state index in [9.17, 15) is 14.5 Å². The number of nitro benzene ring substituents is 1. The Morgan fingerprint density at radius 3 is 2.74 bits per heavy atom. The third kappa shape index (κ3) is 4.85. The molecule has 0 spiro atoms. The minimum absolute atomic E-state index is 0.0138. The zero-order chi connectivity index (χ0) is 14.3. The summed E-state index contributed by atoms with van der Waals surface area (Å²) in [5.41, 5.74) is -0.188. The van der Waals surface area contributed by atoms with Crippen molar-refractivity contribution in [2.45, 2.75) is 39.5 Å². The molecule has 0 aliphatic carbocycles. The number of halogens is 1.